The van der Waals surface area contributed by atoms with Crippen LogP contribution in [0.1, 0.15) is 60.4 Å². The summed E-state index contributed by atoms with van der Waals surface area (Å²) in [5, 5.41) is 11.7. The number of fused-ring (bicyclic) bond motifs is 1. The predicted octanol–water partition coefficient (Wildman–Crippen LogP) is 6.19. The van der Waals surface area contributed by atoms with Crippen LogP contribution in [0.5, 0.6) is 0 Å². The lowest BCUT2D eigenvalue weighted by atomic mass is 9.94. The fraction of sp³-hybridized carbons (Fsp3) is 0.243. The molecule has 1 aliphatic carbocycles. The molecule has 8 heteroatoms. The minimum absolute atomic E-state index is 0.0387. The summed E-state index contributed by atoms with van der Waals surface area (Å²) in [4.78, 5) is 30.1. The van der Waals surface area contributed by atoms with Crippen molar-refractivity contribution in [3.63, 3.8) is 0 Å². The van der Waals surface area contributed by atoms with Gasteiger partial charge in [0.2, 0.25) is 11.8 Å². The predicted molar refractivity (Wildman–Crippen MR) is 171 cm³/mol. The number of amides is 2. The van der Waals surface area contributed by atoms with Gasteiger partial charge in [-0.2, -0.15) is 0 Å². The Balaban J connectivity index is 1.39. The van der Waals surface area contributed by atoms with Crippen LogP contribution in [-0.2, 0) is 22.7 Å². The Labute approximate surface area is 262 Å². The third-order valence-electron chi connectivity index (χ3n) is 8.13. The number of nitrogens with one attached hydrogen (secondary N) is 1. The Bertz CT molecular complexity index is 1840. The van der Waals surface area contributed by atoms with Crippen LogP contribution < -0.4 is 5.32 Å². The maximum atomic E-state index is 14.3. The standard InChI is InChI=1S/C37H34FN5O2/c38-31-22-20-29(21-23-31)25-42(35(44)26-43-34-17-8-7-16-33(34)40-41-43)36(37(45)39-32-14-5-2-6-15-32)30-13-9-12-28(24-30)19-18-27-10-3-1-4-11-27/h1,3-4,7-13,16-17,20-24,32,36H,2,5-6,14-15,25-26H2,(H,39,45). The quantitative estimate of drug-likeness (QED) is 0.216. The maximum absolute atomic E-state index is 14.3. The summed E-state index contributed by atoms with van der Waals surface area (Å²) < 4.78 is 15.4. The summed E-state index contributed by atoms with van der Waals surface area (Å²) in [6.07, 6.45) is 5.06. The number of benzene rings is 4. The molecule has 0 aliphatic heterocycles. The van der Waals surface area contributed by atoms with Crippen LogP contribution in [0, 0.1) is 17.7 Å². The van der Waals surface area contributed by atoms with Crippen molar-refractivity contribution in [2.45, 2.75) is 57.3 Å². The van der Waals surface area contributed by atoms with Crippen molar-refractivity contribution in [1.29, 1.82) is 0 Å². The van der Waals surface area contributed by atoms with Gasteiger partial charge in [-0.05, 0) is 72.5 Å². The van der Waals surface area contributed by atoms with E-state index in [1.54, 1.807) is 21.7 Å². The van der Waals surface area contributed by atoms with Gasteiger partial charge in [0.25, 0.3) is 0 Å². The van der Waals surface area contributed by atoms with Crippen molar-refractivity contribution in [3.05, 3.63) is 131 Å². The van der Waals surface area contributed by atoms with Crippen molar-refractivity contribution in [3.8, 4) is 11.8 Å². The first kappa shape index (κ1) is 29.8. The van der Waals surface area contributed by atoms with Gasteiger partial charge in [-0.1, -0.05) is 90.9 Å². The Morgan fingerprint density at radius 1 is 0.867 bits per heavy atom. The van der Waals surface area contributed by atoms with Crippen LogP contribution >= 0.6 is 0 Å². The van der Waals surface area contributed by atoms with Crippen LogP contribution in [0.25, 0.3) is 11.0 Å². The second-order valence-corrected chi connectivity index (χ2v) is 11.4. The van der Waals surface area contributed by atoms with E-state index in [-0.39, 0.29) is 36.8 Å². The smallest absolute Gasteiger partial charge is 0.247 e. The summed E-state index contributed by atoms with van der Waals surface area (Å²) in [5.41, 5.74) is 4.33. The monoisotopic (exact) mass is 599 g/mol. The first-order valence-electron chi connectivity index (χ1n) is 15.3. The average Bonchev–Trinajstić information content (AvgIpc) is 3.48. The lowest BCUT2D eigenvalue weighted by Crippen LogP contribution is -2.47. The molecule has 226 valence electrons. The molecule has 1 atom stereocenters. The summed E-state index contributed by atoms with van der Waals surface area (Å²) >= 11 is 0. The first-order valence-corrected chi connectivity index (χ1v) is 15.3. The zero-order chi connectivity index (χ0) is 31.0. The molecule has 1 fully saturated rings. The van der Waals surface area contributed by atoms with Gasteiger partial charge >= 0.3 is 0 Å². The van der Waals surface area contributed by atoms with Gasteiger partial charge in [0, 0.05) is 23.7 Å². The van der Waals surface area contributed by atoms with Crippen molar-refractivity contribution in [2.75, 3.05) is 0 Å². The van der Waals surface area contributed by atoms with E-state index in [4.69, 9.17) is 0 Å². The fourth-order valence-corrected chi connectivity index (χ4v) is 5.82. The minimum atomic E-state index is -0.960. The van der Waals surface area contributed by atoms with Crippen LogP contribution in [0.4, 0.5) is 4.39 Å². The number of hydrogen-bond acceptors (Lipinski definition) is 4. The largest absolute Gasteiger partial charge is 0.351 e. The molecule has 1 heterocycles. The van der Waals surface area contributed by atoms with Gasteiger partial charge in [0.05, 0.1) is 5.52 Å². The molecule has 2 amide bonds. The number of carbonyl (C=O) groups excluding carboxylic acids is 2. The highest BCUT2D eigenvalue weighted by molar-refractivity contribution is 5.89. The van der Waals surface area contributed by atoms with E-state index >= 15 is 0 Å². The van der Waals surface area contributed by atoms with Crippen molar-refractivity contribution < 1.29 is 14.0 Å². The van der Waals surface area contributed by atoms with Gasteiger partial charge in [0.15, 0.2) is 0 Å². The Morgan fingerprint density at radius 2 is 1.58 bits per heavy atom. The number of rotatable bonds is 8. The molecular formula is C37H34FN5O2. The fourth-order valence-electron chi connectivity index (χ4n) is 5.82. The minimum Gasteiger partial charge on any atom is -0.351 e. The molecule has 7 nitrogen and oxygen atoms in total. The molecule has 1 aliphatic rings. The maximum Gasteiger partial charge on any atom is 0.247 e. The highest BCUT2D eigenvalue weighted by atomic mass is 19.1. The topological polar surface area (TPSA) is 80.1 Å². The molecule has 45 heavy (non-hydrogen) atoms. The molecule has 5 aromatic rings. The van der Waals surface area contributed by atoms with Crippen LogP contribution in [0.2, 0.25) is 0 Å². The van der Waals surface area contributed by atoms with Gasteiger partial charge in [0.1, 0.15) is 23.9 Å². The van der Waals surface area contributed by atoms with Crippen LogP contribution in [0.3, 0.4) is 0 Å². The molecule has 6 rings (SSSR count). The Kier molecular flexibility index (Phi) is 9.26. The Hall–Kier alpha value is -5.29. The molecule has 0 spiro atoms. The average molecular weight is 600 g/mol. The van der Waals surface area contributed by atoms with E-state index < -0.39 is 6.04 Å². The Morgan fingerprint density at radius 3 is 2.38 bits per heavy atom. The third kappa shape index (κ3) is 7.44. The zero-order valence-electron chi connectivity index (χ0n) is 24.9. The molecule has 1 unspecified atom stereocenters. The summed E-state index contributed by atoms with van der Waals surface area (Å²) in [6.45, 7) is -0.0309. The number of hydrogen-bond donors (Lipinski definition) is 1. The molecule has 1 N–H and O–H groups in total. The van der Waals surface area contributed by atoms with Gasteiger partial charge in [-0.15, -0.1) is 5.10 Å². The number of nitrogens with zero attached hydrogens (tertiary/aromatic N) is 4. The molecule has 1 saturated carbocycles. The summed E-state index contributed by atoms with van der Waals surface area (Å²) in [5.74, 6) is 5.44. The molecule has 0 radical (unpaired) electrons. The third-order valence-corrected chi connectivity index (χ3v) is 8.13. The van der Waals surface area contributed by atoms with E-state index in [1.807, 2.05) is 78.9 Å². The van der Waals surface area contributed by atoms with E-state index in [0.717, 1.165) is 43.2 Å². The molecule has 0 bridgehead atoms. The van der Waals surface area contributed by atoms with E-state index in [1.165, 1.54) is 12.1 Å². The lowest BCUT2D eigenvalue weighted by Gasteiger charge is -2.33. The molecule has 4 aromatic carbocycles. The van der Waals surface area contributed by atoms with Gasteiger partial charge < -0.3 is 10.2 Å². The number of para-hydroxylation sites is 1. The van der Waals surface area contributed by atoms with Crippen LogP contribution in [0.15, 0.2) is 103 Å². The zero-order valence-corrected chi connectivity index (χ0v) is 24.9. The summed E-state index contributed by atoms with van der Waals surface area (Å²) in [7, 11) is 0. The van der Waals surface area contributed by atoms with Crippen molar-refractivity contribution in [1.82, 2.24) is 25.2 Å². The van der Waals surface area contributed by atoms with Gasteiger partial charge in [-0.3, -0.25) is 9.59 Å². The number of aromatic nitrogens is 3. The molecular weight excluding hydrogens is 565 g/mol. The second-order valence-electron chi connectivity index (χ2n) is 11.4. The van der Waals surface area contributed by atoms with E-state index in [2.05, 4.69) is 27.5 Å². The van der Waals surface area contributed by atoms with Crippen molar-refractivity contribution in [2.24, 2.45) is 0 Å². The SMILES string of the molecule is O=C(NC1CCCCC1)C(c1cccc(C#Cc2ccccc2)c1)N(Cc1ccc(F)cc1)C(=O)Cn1nnc2ccccc21. The number of carbonyl (C=O) groups is 2. The summed E-state index contributed by atoms with van der Waals surface area (Å²) in [6, 6.07) is 29.7. The van der Waals surface area contributed by atoms with Crippen LogP contribution in [-0.4, -0.2) is 37.7 Å². The second kappa shape index (κ2) is 14.0. The van der Waals surface area contributed by atoms with E-state index in [0.29, 0.717) is 22.2 Å². The highest BCUT2D eigenvalue weighted by Crippen LogP contribution is 2.27. The first-order chi connectivity index (χ1) is 22.0. The van der Waals surface area contributed by atoms with Crippen molar-refractivity contribution >= 4 is 22.8 Å². The van der Waals surface area contributed by atoms with E-state index in [9.17, 15) is 14.0 Å². The number of halogens is 1. The normalized spacial score (nSPS) is 13.9. The van der Waals surface area contributed by atoms with Gasteiger partial charge in [-0.25, -0.2) is 9.07 Å². The lowest BCUT2D eigenvalue weighted by molar-refractivity contribution is -0.142. The highest BCUT2D eigenvalue weighted by Gasteiger charge is 2.33. The molecule has 1 aromatic heterocycles. The molecule has 0 saturated heterocycles.